The van der Waals surface area contributed by atoms with Gasteiger partial charge in [-0.1, -0.05) is 33.1 Å². The highest BCUT2D eigenvalue weighted by Crippen LogP contribution is 2.33. The molecule has 2 fully saturated rings. The van der Waals surface area contributed by atoms with Gasteiger partial charge in [0.2, 0.25) is 11.8 Å². The maximum atomic E-state index is 12.2. The topological polar surface area (TPSA) is 96.7 Å². The van der Waals surface area contributed by atoms with Crippen molar-refractivity contribution in [2.45, 2.75) is 57.5 Å². The van der Waals surface area contributed by atoms with E-state index >= 15 is 0 Å². The van der Waals surface area contributed by atoms with Crippen molar-refractivity contribution in [1.82, 2.24) is 15.5 Å². The number of hydrogen-bond acceptors (Lipinski definition) is 5. The highest BCUT2D eigenvalue weighted by atomic mass is 35.5. The van der Waals surface area contributed by atoms with Crippen LogP contribution in [0.15, 0.2) is 0 Å². The van der Waals surface area contributed by atoms with Crippen molar-refractivity contribution in [3.8, 4) is 0 Å². The van der Waals surface area contributed by atoms with Crippen LogP contribution < -0.4 is 16.4 Å². The van der Waals surface area contributed by atoms with Crippen LogP contribution in [0.4, 0.5) is 0 Å². The maximum Gasteiger partial charge on any atom is 0.239 e. The number of nitrogens with two attached hydrogens (primary N) is 1. The molecule has 0 radical (unpaired) electrons. The van der Waals surface area contributed by atoms with Crippen LogP contribution in [0.2, 0.25) is 0 Å². The van der Waals surface area contributed by atoms with Crippen LogP contribution >= 0.6 is 12.4 Å². The van der Waals surface area contributed by atoms with Gasteiger partial charge in [-0.25, -0.2) is 0 Å². The minimum atomic E-state index is -0.578. The summed E-state index contributed by atoms with van der Waals surface area (Å²) >= 11 is 0. The molecule has 1 heterocycles. The third-order valence-corrected chi connectivity index (χ3v) is 5.52. The van der Waals surface area contributed by atoms with Crippen molar-refractivity contribution >= 4 is 24.2 Å². The van der Waals surface area contributed by atoms with Gasteiger partial charge in [0.15, 0.2) is 0 Å². The Labute approximate surface area is 163 Å². The first-order valence-electron chi connectivity index (χ1n) is 9.57. The molecule has 2 rings (SSSR count). The third-order valence-electron chi connectivity index (χ3n) is 5.52. The number of carbonyl (C=O) groups is 2. The molecule has 0 aromatic heterocycles. The van der Waals surface area contributed by atoms with E-state index in [4.69, 9.17) is 10.5 Å². The summed E-state index contributed by atoms with van der Waals surface area (Å²) in [6, 6.07) is -0.578. The first-order chi connectivity index (χ1) is 11.9. The second kappa shape index (κ2) is 11.1. The molecule has 1 aliphatic carbocycles. The molecule has 0 unspecified atom stereocenters. The summed E-state index contributed by atoms with van der Waals surface area (Å²) in [5.41, 5.74) is 5.83. The first-order valence-corrected chi connectivity index (χ1v) is 9.57. The van der Waals surface area contributed by atoms with Crippen LogP contribution in [0, 0.1) is 5.92 Å². The Kier molecular flexibility index (Phi) is 9.85. The molecule has 7 nitrogen and oxygen atoms in total. The minimum absolute atomic E-state index is 0. The Morgan fingerprint density at radius 1 is 1.12 bits per heavy atom. The summed E-state index contributed by atoms with van der Waals surface area (Å²) in [4.78, 5) is 26.6. The molecular weight excluding hydrogens is 356 g/mol. The number of nitrogens with one attached hydrogen (secondary N) is 2. The fourth-order valence-corrected chi connectivity index (χ4v) is 3.77. The highest BCUT2D eigenvalue weighted by molar-refractivity contribution is 5.87. The molecule has 8 heteroatoms. The van der Waals surface area contributed by atoms with Gasteiger partial charge < -0.3 is 21.1 Å². The van der Waals surface area contributed by atoms with Crippen molar-refractivity contribution < 1.29 is 14.3 Å². The SMILES string of the molecule is CC(C)[C@H](N)C(=O)NCC(=O)NCC1(N2CCOCC2)CCCCC1.Cl. The van der Waals surface area contributed by atoms with E-state index in [1.54, 1.807) is 0 Å². The second-order valence-electron chi connectivity index (χ2n) is 7.65. The van der Waals surface area contributed by atoms with Gasteiger partial charge in [-0.3, -0.25) is 14.5 Å². The number of morpholine rings is 1. The van der Waals surface area contributed by atoms with Crippen molar-refractivity contribution in [3.05, 3.63) is 0 Å². The molecule has 0 spiro atoms. The number of amides is 2. The number of hydrogen-bond donors (Lipinski definition) is 3. The van der Waals surface area contributed by atoms with Gasteiger partial charge in [-0.15, -0.1) is 12.4 Å². The average Bonchev–Trinajstić information content (AvgIpc) is 2.65. The Morgan fingerprint density at radius 3 is 2.31 bits per heavy atom. The van der Waals surface area contributed by atoms with Crippen molar-refractivity contribution in [2.24, 2.45) is 11.7 Å². The quantitative estimate of drug-likeness (QED) is 0.593. The number of carbonyl (C=O) groups excluding carboxylic acids is 2. The summed E-state index contributed by atoms with van der Waals surface area (Å²) in [5, 5.41) is 5.67. The van der Waals surface area contributed by atoms with Gasteiger partial charge in [0.05, 0.1) is 25.8 Å². The number of rotatable bonds is 7. The molecule has 1 atom stereocenters. The van der Waals surface area contributed by atoms with E-state index in [-0.39, 0.29) is 42.2 Å². The first kappa shape index (κ1) is 23.1. The smallest absolute Gasteiger partial charge is 0.239 e. The predicted octanol–water partition coefficient (Wildman–Crippen LogP) is 0.659. The molecular formula is C18H35ClN4O3. The zero-order valence-electron chi connectivity index (χ0n) is 16.1. The third kappa shape index (κ3) is 6.37. The van der Waals surface area contributed by atoms with Crippen LogP contribution in [0.3, 0.4) is 0 Å². The standard InChI is InChI=1S/C18H34N4O3.ClH/c1-14(2)16(19)17(24)20-12-15(23)21-13-18(6-4-3-5-7-18)22-8-10-25-11-9-22;/h14,16H,3-13,19H2,1-2H3,(H,20,24)(H,21,23);1H/t16-;/m0./s1. The van der Waals surface area contributed by atoms with Crippen LogP contribution in [-0.2, 0) is 14.3 Å². The number of halogens is 1. The Balaban J connectivity index is 0.00000338. The molecule has 26 heavy (non-hydrogen) atoms. The van der Waals surface area contributed by atoms with E-state index in [9.17, 15) is 9.59 Å². The predicted molar refractivity (Wildman–Crippen MR) is 104 cm³/mol. The molecule has 0 aromatic carbocycles. The normalized spacial score (nSPS) is 21.5. The monoisotopic (exact) mass is 390 g/mol. The van der Waals surface area contributed by atoms with Crippen molar-refractivity contribution in [1.29, 1.82) is 0 Å². The largest absolute Gasteiger partial charge is 0.379 e. The lowest BCUT2D eigenvalue weighted by Crippen LogP contribution is -2.60. The lowest BCUT2D eigenvalue weighted by molar-refractivity contribution is -0.127. The lowest BCUT2D eigenvalue weighted by Gasteiger charge is -2.48. The van der Waals surface area contributed by atoms with E-state index in [0.717, 1.165) is 39.1 Å². The zero-order chi connectivity index (χ0) is 18.3. The molecule has 1 saturated carbocycles. The van der Waals surface area contributed by atoms with Crippen LogP contribution in [0.5, 0.6) is 0 Å². The maximum absolute atomic E-state index is 12.2. The van der Waals surface area contributed by atoms with Crippen LogP contribution in [-0.4, -0.2) is 67.7 Å². The van der Waals surface area contributed by atoms with Gasteiger partial charge in [0, 0.05) is 25.2 Å². The van der Waals surface area contributed by atoms with Gasteiger partial charge in [0.25, 0.3) is 0 Å². The van der Waals surface area contributed by atoms with Gasteiger partial charge in [0.1, 0.15) is 0 Å². The van der Waals surface area contributed by atoms with E-state index in [1.165, 1.54) is 19.3 Å². The Morgan fingerprint density at radius 2 is 1.73 bits per heavy atom. The second-order valence-corrected chi connectivity index (χ2v) is 7.65. The summed E-state index contributed by atoms with van der Waals surface area (Å²) in [7, 11) is 0. The van der Waals surface area contributed by atoms with E-state index in [1.807, 2.05) is 13.8 Å². The van der Waals surface area contributed by atoms with Gasteiger partial charge in [-0.2, -0.15) is 0 Å². The number of ether oxygens (including phenoxy) is 1. The van der Waals surface area contributed by atoms with E-state index in [0.29, 0.717) is 6.54 Å². The number of nitrogens with zero attached hydrogens (tertiary/aromatic N) is 1. The van der Waals surface area contributed by atoms with Crippen LogP contribution in [0.25, 0.3) is 0 Å². The molecule has 1 aliphatic heterocycles. The van der Waals surface area contributed by atoms with E-state index < -0.39 is 6.04 Å². The molecule has 2 amide bonds. The summed E-state index contributed by atoms with van der Waals surface area (Å²) in [6.45, 7) is 7.78. The molecule has 152 valence electrons. The molecule has 4 N–H and O–H groups in total. The van der Waals surface area contributed by atoms with Crippen LogP contribution in [0.1, 0.15) is 46.0 Å². The summed E-state index contributed by atoms with van der Waals surface area (Å²) < 4.78 is 5.48. The Bertz CT molecular complexity index is 450. The van der Waals surface area contributed by atoms with Crippen molar-refractivity contribution in [3.63, 3.8) is 0 Å². The van der Waals surface area contributed by atoms with Gasteiger partial charge >= 0.3 is 0 Å². The summed E-state index contributed by atoms with van der Waals surface area (Å²) in [6.07, 6.45) is 5.89. The molecule has 2 aliphatic rings. The van der Waals surface area contributed by atoms with Gasteiger partial charge in [-0.05, 0) is 18.8 Å². The minimum Gasteiger partial charge on any atom is -0.379 e. The molecule has 0 bridgehead atoms. The van der Waals surface area contributed by atoms with E-state index in [2.05, 4.69) is 15.5 Å². The summed E-state index contributed by atoms with van der Waals surface area (Å²) in [5.74, 6) is -0.372. The fraction of sp³-hybridized carbons (Fsp3) is 0.889. The molecule has 1 saturated heterocycles. The fourth-order valence-electron chi connectivity index (χ4n) is 3.77. The highest BCUT2D eigenvalue weighted by Gasteiger charge is 2.38. The molecule has 0 aromatic rings. The lowest BCUT2D eigenvalue weighted by atomic mass is 9.79. The zero-order valence-corrected chi connectivity index (χ0v) is 16.9. The average molecular weight is 391 g/mol. The van der Waals surface area contributed by atoms with Crippen molar-refractivity contribution in [2.75, 3.05) is 39.4 Å². The Hall–Kier alpha value is -0.890.